The largest absolute Gasteiger partial charge is 0.347 e. The summed E-state index contributed by atoms with van der Waals surface area (Å²) in [5.74, 6) is -0.0773. The molecule has 0 aliphatic heterocycles. The number of hydrogen-bond donors (Lipinski definition) is 1. The number of amides is 2. The molecule has 0 unspecified atom stereocenters. The first-order chi connectivity index (χ1) is 11.5. The average molecular weight is 399 g/mol. The van der Waals surface area contributed by atoms with Crippen molar-refractivity contribution < 1.29 is 14.0 Å². The lowest BCUT2D eigenvalue weighted by Gasteiger charge is -2.21. The molecule has 24 heavy (non-hydrogen) atoms. The average Bonchev–Trinajstić information content (AvgIpc) is 2.57. The lowest BCUT2D eigenvalue weighted by molar-refractivity contribution is -0.132. The van der Waals surface area contributed by atoms with Gasteiger partial charge >= 0.3 is 0 Å². The summed E-state index contributed by atoms with van der Waals surface area (Å²) in [6.45, 7) is 0.376. The fourth-order valence-corrected chi connectivity index (χ4v) is 3.46. The number of benzene rings is 1. The van der Waals surface area contributed by atoms with Crippen LogP contribution in [0.3, 0.4) is 0 Å². The van der Waals surface area contributed by atoms with Gasteiger partial charge in [0.25, 0.3) is 0 Å². The van der Waals surface area contributed by atoms with Gasteiger partial charge in [-0.1, -0.05) is 25.3 Å². The number of rotatable bonds is 6. The number of halogens is 2. The van der Waals surface area contributed by atoms with Crippen LogP contribution in [0.5, 0.6) is 0 Å². The number of carbonyl (C=O) groups is 2. The molecular formula is C18H24BrFN2O2. The fourth-order valence-electron chi connectivity index (χ4n) is 3.03. The Labute approximate surface area is 150 Å². The van der Waals surface area contributed by atoms with Crippen molar-refractivity contribution in [2.24, 2.45) is 5.92 Å². The molecule has 0 saturated heterocycles. The lowest BCUT2D eigenvalue weighted by atomic mass is 9.87. The zero-order valence-electron chi connectivity index (χ0n) is 14.0. The van der Waals surface area contributed by atoms with Gasteiger partial charge in [0, 0.05) is 20.0 Å². The first-order valence-corrected chi connectivity index (χ1v) is 9.19. The summed E-state index contributed by atoms with van der Waals surface area (Å²) in [5, 5.41) is 2.72. The van der Waals surface area contributed by atoms with Crippen LogP contribution in [-0.4, -0.2) is 30.3 Å². The van der Waals surface area contributed by atoms with Crippen molar-refractivity contribution in [3.8, 4) is 0 Å². The third kappa shape index (κ3) is 5.89. The molecule has 2 amide bonds. The topological polar surface area (TPSA) is 49.4 Å². The molecule has 0 radical (unpaired) electrons. The van der Waals surface area contributed by atoms with Gasteiger partial charge < -0.3 is 10.2 Å². The summed E-state index contributed by atoms with van der Waals surface area (Å²) in [7, 11) is 1.67. The normalized spacial score (nSPS) is 15.1. The number of likely N-dealkylation sites (N-methyl/N-ethyl adjacent to an activating group) is 1. The molecule has 1 aromatic carbocycles. The van der Waals surface area contributed by atoms with Crippen LogP contribution < -0.4 is 5.32 Å². The van der Waals surface area contributed by atoms with Crippen LogP contribution in [0.4, 0.5) is 4.39 Å². The predicted molar refractivity (Wildman–Crippen MR) is 94.8 cm³/mol. The van der Waals surface area contributed by atoms with Gasteiger partial charge in [-0.2, -0.15) is 0 Å². The van der Waals surface area contributed by atoms with E-state index in [1.807, 2.05) is 0 Å². The highest BCUT2D eigenvalue weighted by Gasteiger charge is 2.18. The van der Waals surface area contributed by atoms with Crippen LogP contribution in [-0.2, 0) is 16.1 Å². The second kappa shape index (κ2) is 9.16. The number of nitrogens with one attached hydrogen (secondary N) is 1. The monoisotopic (exact) mass is 398 g/mol. The minimum atomic E-state index is -0.331. The molecule has 0 bridgehead atoms. The van der Waals surface area contributed by atoms with Gasteiger partial charge in [-0.3, -0.25) is 9.59 Å². The van der Waals surface area contributed by atoms with Crippen LogP contribution in [0, 0.1) is 11.7 Å². The van der Waals surface area contributed by atoms with E-state index in [9.17, 15) is 14.0 Å². The molecule has 6 heteroatoms. The van der Waals surface area contributed by atoms with E-state index in [-0.39, 0.29) is 24.2 Å². The van der Waals surface area contributed by atoms with E-state index in [2.05, 4.69) is 21.2 Å². The Hall–Kier alpha value is -1.43. The molecule has 0 atom stereocenters. The molecule has 1 saturated carbocycles. The summed E-state index contributed by atoms with van der Waals surface area (Å²) < 4.78 is 13.6. The van der Waals surface area contributed by atoms with Gasteiger partial charge in [-0.05, 0) is 52.4 Å². The van der Waals surface area contributed by atoms with Gasteiger partial charge in [0.15, 0.2) is 0 Å². The van der Waals surface area contributed by atoms with E-state index in [1.54, 1.807) is 19.2 Å². The van der Waals surface area contributed by atoms with Crippen molar-refractivity contribution >= 4 is 27.7 Å². The molecule has 1 N–H and O–H groups in total. The molecule has 2 rings (SSSR count). The SMILES string of the molecule is CN(Cc1ccc(F)c(Br)c1)C(=O)CNC(=O)CC1CCCCC1. The summed E-state index contributed by atoms with van der Waals surface area (Å²) in [5.41, 5.74) is 0.827. The number of nitrogens with zero attached hydrogens (tertiary/aromatic N) is 1. The highest BCUT2D eigenvalue weighted by atomic mass is 79.9. The third-order valence-corrected chi connectivity index (χ3v) is 5.07. The van der Waals surface area contributed by atoms with E-state index in [0.29, 0.717) is 23.4 Å². The second-order valence-corrected chi connectivity index (χ2v) is 7.34. The van der Waals surface area contributed by atoms with E-state index in [0.717, 1.165) is 18.4 Å². The van der Waals surface area contributed by atoms with Crippen molar-refractivity contribution in [2.75, 3.05) is 13.6 Å². The highest BCUT2D eigenvalue weighted by Crippen LogP contribution is 2.26. The van der Waals surface area contributed by atoms with Crippen molar-refractivity contribution in [3.05, 3.63) is 34.1 Å². The standard InChI is InChI=1S/C18H24BrFN2O2/c1-22(12-14-7-8-16(20)15(19)9-14)18(24)11-21-17(23)10-13-5-3-2-4-6-13/h7-9,13H,2-6,10-12H2,1H3,(H,21,23). The quantitative estimate of drug-likeness (QED) is 0.794. The molecular weight excluding hydrogens is 375 g/mol. The van der Waals surface area contributed by atoms with Gasteiger partial charge in [0.05, 0.1) is 11.0 Å². The Morgan fingerprint density at radius 1 is 1.29 bits per heavy atom. The Morgan fingerprint density at radius 2 is 2.00 bits per heavy atom. The van der Waals surface area contributed by atoms with Crippen LogP contribution in [0.1, 0.15) is 44.1 Å². The minimum absolute atomic E-state index is 0.00438. The van der Waals surface area contributed by atoms with Crippen LogP contribution >= 0.6 is 15.9 Å². The molecule has 1 fully saturated rings. The maximum atomic E-state index is 13.2. The van der Waals surface area contributed by atoms with E-state index >= 15 is 0 Å². The molecule has 0 spiro atoms. The molecule has 1 aliphatic rings. The van der Waals surface area contributed by atoms with Crippen LogP contribution in [0.2, 0.25) is 0 Å². The van der Waals surface area contributed by atoms with Gasteiger partial charge in [0.1, 0.15) is 5.82 Å². The maximum Gasteiger partial charge on any atom is 0.242 e. The Kier molecular flexibility index (Phi) is 7.21. The molecule has 1 aliphatic carbocycles. The number of carbonyl (C=O) groups excluding carboxylic acids is 2. The smallest absolute Gasteiger partial charge is 0.242 e. The Morgan fingerprint density at radius 3 is 2.67 bits per heavy atom. The second-order valence-electron chi connectivity index (χ2n) is 6.48. The van der Waals surface area contributed by atoms with Crippen molar-refractivity contribution in [3.63, 3.8) is 0 Å². The summed E-state index contributed by atoms with van der Waals surface area (Å²) in [6, 6.07) is 4.66. The zero-order valence-corrected chi connectivity index (χ0v) is 15.6. The zero-order chi connectivity index (χ0) is 17.5. The Balaban J connectivity index is 1.74. The van der Waals surface area contributed by atoms with Gasteiger partial charge in [-0.15, -0.1) is 0 Å². The van der Waals surface area contributed by atoms with Crippen molar-refractivity contribution in [1.29, 1.82) is 0 Å². The van der Waals surface area contributed by atoms with Gasteiger partial charge in [0.2, 0.25) is 11.8 Å². The molecule has 0 aromatic heterocycles. The number of hydrogen-bond acceptors (Lipinski definition) is 2. The fraction of sp³-hybridized carbons (Fsp3) is 0.556. The maximum absolute atomic E-state index is 13.2. The van der Waals surface area contributed by atoms with E-state index < -0.39 is 0 Å². The highest BCUT2D eigenvalue weighted by molar-refractivity contribution is 9.10. The summed E-state index contributed by atoms with van der Waals surface area (Å²) in [4.78, 5) is 25.6. The summed E-state index contributed by atoms with van der Waals surface area (Å²) >= 11 is 3.13. The predicted octanol–water partition coefficient (Wildman–Crippen LogP) is 3.63. The van der Waals surface area contributed by atoms with Crippen LogP contribution in [0.15, 0.2) is 22.7 Å². The third-order valence-electron chi connectivity index (χ3n) is 4.47. The lowest BCUT2D eigenvalue weighted by Crippen LogP contribution is -2.38. The van der Waals surface area contributed by atoms with Crippen molar-refractivity contribution in [2.45, 2.75) is 45.1 Å². The molecule has 0 heterocycles. The minimum Gasteiger partial charge on any atom is -0.347 e. The van der Waals surface area contributed by atoms with Crippen molar-refractivity contribution in [1.82, 2.24) is 10.2 Å². The first kappa shape index (κ1) is 18.9. The molecule has 132 valence electrons. The van der Waals surface area contributed by atoms with E-state index in [4.69, 9.17) is 0 Å². The van der Waals surface area contributed by atoms with Crippen LogP contribution in [0.25, 0.3) is 0 Å². The van der Waals surface area contributed by atoms with Gasteiger partial charge in [-0.25, -0.2) is 4.39 Å². The molecule has 4 nitrogen and oxygen atoms in total. The summed E-state index contributed by atoms with van der Waals surface area (Å²) in [6.07, 6.45) is 6.41. The molecule has 1 aromatic rings. The van der Waals surface area contributed by atoms with E-state index in [1.165, 1.54) is 30.2 Å². The first-order valence-electron chi connectivity index (χ1n) is 8.40. The Bertz CT molecular complexity index is 588.